The van der Waals surface area contributed by atoms with Crippen LogP contribution in [0.5, 0.6) is 0 Å². The summed E-state index contributed by atoms with van der Waals surface area (Å²) in [6, 6.07) is -2.26. The van der Waals surface area contributed by atoms with Gasteiger partial charge in [0.05, 0.1) is 20.1 Å². The highest BCUT2D eigenvalue weighted by atomic mass is 16.5. The molecule has 0 aromatic rings. The third-order valence-electron chi connectivity index (χ3n) is 2.72. The number of aliphatic carboxylic acids is 1. The molecule has 0 aromatic carbocycles. The number of hydrogen-bond donors (Lipinski definition) is 3. The third kappa shape index (κ3) is 7.14. The van der Waals surface area contributed by atoms with Gasteiger partial charge >= 0.3 is 18.0 Å². The average molecular weight is 303 g/mol. The number of carbonyl (C=O) groups excluding carboxylic acids is 3. The number of carboxylic acid groups (broad SMARTS) is 1. The van der Waals surface area contributed by atoms with E-state index in [4.69, 9.17) is 5.11 Å². The number of urea groups is 1. The van der Waals surface area contributed by atoms with Crippen molar-refractivity contribution in [2.24, 2.45) is 0 Å². The molecule has 120 valence electrons. The Labute approximate surface area is 122 Å². The highest BCUT2D eigenvalue weighted by Gasteiger charge is 2.24. The van der Waals surface area contributed by atoms with E-state index in [9.17, 15) is 19.2 Å². The zero-order valence-electron chi connectivity index (χ0n) is 12.3. The molecule has 9 nitrogen and oxygen atoms in total. The summed E-state index contributed by atoms with van der Waals surface area (Å²) in [6.45, 7) is 4.38. The fourth-order valence-corrected chi connectivity index (χ4v) is 1.50. The molecular formula is C12H21N3O6. The molecule has 0 aromatic heterocycles. The SMILES string of the molecule is CCN(CC)C(=O)CNC(=O)N[C@@H](CC(=O)OC)C(=O)O. The van der Waals surface area contributed by atoms with Crippen LogP contribution < -0.4 is 10.6 Å². The lowest BCUT2D eigenvalue weighted by molar-refractivity contribution is -0.147. The maximum Gasteiger partial charge on any atom is 0.326 e. The van der Waals surface area contributed by atoms with Crippen LogP contribution in [-0.2, 0) is 19.1 Å². The van der Waals surface area contributed by atoms with Gasteiger partial charge in [-0.25, -0.2) is 9.59 Å². The molecule has 1 atom stereocenters. The second-order valence-corrected chi connectivity index (χ2v) is 4.06. The van der Waals surface area contributed by atoms with Crippen molar-refractivity contribution in [3.8, 4) is 0 Å². The van der Waals surface area contributed by atoms with Crippen molar-refractivity contribution in [1.82, 2.24) is 15.5 Å². The molecular weight excluding hydrogens is 282 g/mol. The van der Waals surface area contributed by atoms with Crippen LogP contribution in [0.25, 0.3) is 0 Å². The van der Waals surface area contributed by atoms with Gasteiger partial charge in [-0.1, -0.05) is 0 Å². The number of esters is 1. The van der Waals surface area contributed by atoms with Gasteiger partial charge in [0, 0.05) is 13.1 Å². The molecule has 21 heavy (non-hydrogen) atoms. The van der Waals surface area contributed by atoms with Gasteiger partial charge in [0.2, 0.25) is 5.91 Å². The van der Waals surface area contributed by atoms with E-state index >= 15 is 0 Å². The van der Waals surface area contributed by atoms with E-state index in [0.29, 0.717) is 13.1 Å². The van der Waals surface area contributed by atoms with Gasteiger partial charge in [-0.15, -0.1) is 0 Å². The van der Waals surface area contributed by atoms with Gasteiger partial charge in [0.1, 0.15) is 6.04 Å². The van der Waals surface area contributed by atoms with Gasteiger partial charge in [-0.05, 0) is 13.8 Å². The van der Waals surface area contributed by atoms with Crippen LogP contribution in [0, 0.1) is 0 Å². The van der Waals surface area contributed by atoms with Gasteiger partial charge in [-0.3, -0.25) is 9.59 Å². The minimum Gasteiger partial charge on any atom is -0.480 e. The zero-order chi connectivity index (χ0) is 16.4. The Morgan fingerprint density at radius 1 is 1.19 bits per heavy atom. The van der Waals surface area contributed by atoms with Crippen molar-refractivity contribution < 1.29 is 29.0 Å². The number of rotatable bonds is 8. The van der Waals surface area contributed by atoms with E-state index in [1.807, 2.05) is 0 Å². The lowest BCUT2D eigenvalue weighted by atomic mass is 10.2. The van der Waals surface area contributed by atoms with Crippen LogP contribution in [-0.4, -0.2) is 66.7 Å². The van der Waals surface area contributed by atoms with Crippen molar-refractivity contribution in [3.63, 3.8) is 0 Å². The molecule has 3 amide bonds. The summed E-state index contributed by atoms with van der Waals surface area (Å²) >= 11 is 0. The van der Waals surface area contributed by atoms with E-state index < -0.39 is 30.4 Å². The van der Waals surface area contributed by atoms with Crippen LogP contribution >= 0.6 is 0 Å². The number of carboxylic acids is 1. The molecule has 9 heteroatoms. The first kappa shape index (κ1) is 18.7. The quantitative estimate of drug-likeness (QED) is 0.503. The van der Waals surface area contributed by atoms with Crippen molar-refractivity contribution >= 4 is 23.9 Å². The minimum absolute atomic E-state index is 0.252. The number of ether oxygens (including phenoxy) is 1. The van der Waals surface area contributed by atoms with Crippen LogP contribution in [0.2, 0.25) is 0 Å². The summed E-state index contributed by atoms with van der Waals surface area (Å²) in [4.78, 5) is 46.6. The predicted octanol–water partition coefficient (Wildman–Crippen LogP) is -0.830. The second-order valence-electron chi connectivity index (χ2n) is 4.06. The standard InChI is InChI=1S/C12H21N3O6/c1-4-15(5-2)9(16)7-13-12(20)14-8(11(18)19)6-10(17)21-3/h8H,4-7H2,1-3H3,(H,18,19)(H2,13,14,20)/t8-/m0/s1. The molecule has 0 saturated heterocycles. The van der Waals surface area contributed by atoms with Crippen molar-refractivity contribution in [2.45, 2.75) is 26.3 Å². The zero-order valence-corrected chi connectivity index (χ0v) is 12.3. The van der Waals surface area contributed by atoms with E-state index in [-0.39, 0.29) is 12.5 Å². The van der Waals surface area contributed by atoms with E-state index in [1.54, 1.807) is 13.8 Å². The Morgan fingerprint density at radius 3 is 2.19 bits per heavy atom. The molecule has 0 aliphatic carbocycles. The van der Waals surface area contributed by atoms with Crippen LogP contribution in [0.4, 0.5) is 4.79 Å². The molecule has 0 unspecified atom stereocenters. The van der Waals surface area contributed by atoms with Gasteiger partial charge < -0.3 is 25.4 Å². The Morgan fingerprint density at radius 2 is 1.76 bits per heavy atom. The number of hydrogen-bond acceptors (Lipinski definition) is 5. The minimum atomic E-state index is -1.42. The van der Waals surface area contributed by atoms with Gasteiger partial charge in [0.25, 0.3) is 0 Å². The highest BCUT2D eigenvalue weighted by Crippen LogP contribution is 1.95. The van der Waals surface area contributed by atoms with Crippen molar-refractivity contribution in [2.75, 3.05) is 26.7 Å². The fraction of sp³-hybridized carbons (Fsp3) is 0.667. The summed E-state index contributed by atoms with van der Waals surface area (Å²) < 4.78 is 4.34. The molecule has 0 radical (unpaired) electrons. The van der Waals surface area contributed by atoms with E-state index in [2.05, 4.69) is 15.4 Å². The van der Waals surface area contributed by atoms with Crippen molar-refractivity contribution in [3.05, 3.63) is 0 Å². The number of likely N-dealkylation sites (N-methyl/N-ethyl adjacent to an activating group) is 1. The summed E-state index contributed by atoms with van der Waals surface area (Å²) in [7, 11) is 1.12. The Balaban J connectivity index is 4.35. The summed E-state index contributed by atoms with van der Waals surface area (Å²) in [5.41, 5.74) is 0. The Hall–Kier alpha value is -2.32. The number of nitrogens with one attached hydrogen (secondary N) is 2. The van der Waals surface area contributed by atoms with Crippen LogP contribution in [0.3, 0.4) is 0 Å². The number of nitrogens with zero attached hydrogens (tertiary/aromatic N) is 1. The summed E-state index contributed by atoms with van der Waals surface area (Å²) in [5.74, 6) is -2.41. The van der Waals surface area contributed by atoms with Gasteiger partial charge in [0.15, 0.2) is 0 Å². The maximum absolute atomic E-state index is 11.6. The number of amides is 3. The molecule has 3 N–H and O–H groups in total. The van der Waals surface area contributed by atoms with Crippen LogP contribution in [0.15, 0.2) is 0 Å². The van der Waals surface area contributed by atoms with Gasteiger partial charge in [-0.2, -0.15) is 0 Å². The van der Waals surface area contributed by atoms with Crippen molar-refractivity contribution in [1.29, 1.82) is 0 Å². The highest BCUT2D eigenvalue weighted by molar-refractivity contribution is 5.88. The maximum atomic E-state index is 11.6. The topological polar surface area (TPSA) is 125 Å². The summed E-state index contributed by atoms with van der Waals surface area (Å²) in [5, 5.41) is 13.2. The molecule has 0 aliphatic heterocycles. The van der Waals surface area contributed by atoms with E-state index in [1.165, 1.54) is 4.90 Å². The summed E-state index contributed by atoms with van der Waals surface area (Å²) in [6.07, 6.45) is -0.497. The average Bonchev–Trinajstić information content (AvgIpc) is 2.45. The molecule has 0 saturated carbocycles. The first-order valence-electron chi connectivity index (χ1n) is 6.47. The lowest BCUT2D eigenvalue weighted by Crippen LogP contribution is -2.49. The predicted molar refractivity (Wildman–Crippen MR) is 72.5 cm³/mol. The normalized spacial score (nSPS) is 11.2. The smallest absolute Gasteiger partial charge is 0.326 e. The first-order valence-corrected chi connectivity index (χ1v) is 6.47. The first-order chi connectivity index (χ1) is 9.85. The molecule has 0 aliphatic rings. The fourth-order valence-electron chi connectivity index (χ4n) is 1.50. The molecule has 0 fully saturated rings. The second kappa shape index (κ2) is 9.56. The Kier molecular flexibility index (Phi) is 8.51. The molecule has 0 spiro atoms. The van der Waals surface area contributed by atoms with E-state index in [0.717, 1.165) is 7.11 Å². The lowest BCUT2D eigenvalue weighted by Gasteiger charge is -2.19. The number of carbonyl (C=O) groups is 4. The number of methoxy groups -OCH3 is 1. The monoisotopic (exact) mass is 303 g/mol. The van der Waals surface area contributed by atoms with Crippen LogP contribution in [0.1, 0.15) is 20.3 Å². The molecule has 0 heterocycles. The third-order valence-corrected chi connectivity index (χ3v) is 2.72. The Bertz CT molecular complexity index is 394. The molecule has 0 bridgehead atoms. The molecule has 0 rings (SSSR count). The largest absolute Gasteiger partial charge is 0.480 e.